The smallest absolute Gasteiger partial charge is 0.270 e. The van der Waals surface area contributed by atoms with E-state index < -0.39 is 0 Å². The normalized spacial score (nSPS) is 17.6. The summed E-state index contributed by atoms with van der Waals surface area (Å²) in [7, 11) is 0. The molecule has 0 bridgehead atoms. The number of hydrogen-bond acceptors (Lipinski definition) is 5. The molecule has 126 valence electrons. The van der Waals surface area contributed by atoms with Gasteiger partial charge in [0.05, 0.1) is 10.6 Å². The molecule has 0 aromatic heterocycles. The van der Waals surface area contributed by atoms with Gasteiger partial charge in [-0.2, -0.15) is 0 Å². The van der Waals surface area contributed by atoms with Crippen LogP contribution in [0.5, 0.6) is 11.5 Å². The van der Waals surface area contributed by atoms with Gasteiger partial charge in [-0.3, -0.25) is 9.69 Å². The third kappa shape index (κ3) is 2.92. The lowest BCUT2D eigenvalue weighted by Crippen LogP contribution is -2.28. The minimum atomic E-state index is -0.0893. The molecule has 1 saturated heterocycles. The average Bonchev–Trinajstić information content (AvgIpc) is 3.19. The van der Waals surface area contributed by atoms with Gasteiger partial charge in [0.25, 0.3) is 5.91 Å². The van der Waals surface area contributed by atoms with Gasteiger partial charge in [-0.15, -0.1) is 0 Å². The van der Waals surface area contributed by atoms with Gasteiger partial charge in [0, 0.05) is 0 Å². The zero-order chi connectivity index (χ0) is 17.4. The van der Waals surface area contributed by atoms with E-state index in [1.165, 1.54) is 11.8 Å². The van der Waals surface area contributed by atoms with Gasteiger partial charge in [-0.05, 0) is 41.8 Å². The molecular weight excluding hydrogens is 354 g/mol. The third-order valence-electron chi connectivity index (χ3n) is 4.10. The number of carbonyl (C=O) groups is 1. The Morgan fingerprint density at radius 2 is 2.00 bits per heavy atom. The second-order valence-electron chi connectivity index (χ2n) is 5.61. The van der Waals surface area contributed by atoms with E-state index in [9.17, 15) is 4.79 Å². The second kappa shape index (κ2) is 6.54. The molecule has 1 fully saturated rings. The first kappa shape index (κ1) is 16.2. The summed E-state index contributed by atoms with van der Waals surface area (Å²) in [6, 6.07) is 13.5. The fraction of sp³-hybridized carbons (Fsp3) is 0.158. The number of amides is 1. The highest BCUT2D eigenvalue weighted by Crippen LogP contribution is 2.39. The standard InChI is InChI=1S/C19H15NO3S2/c1-2-13-5-3-4-6-14(13)20-18(21)17(25-19(20)24)10-12-7-8-15-16(9-12)23-11-22-15/h3-10H,2,11H2,1H3/b17-10-. The molecule has 2 aliphatic heterocycles. The number of thioether (sulfide) groups is 1. The Labute approximate surface area is 155 Å². The molecule has 4 rings (SSSR count). The number of aryl methyl sites for hydroxylation is 1. The molecule has 6 heteroatoms. The highest BCUT2D eigenvalue weighted by atomic mass is 32.2. The molecule has 0 aliphatic carbocycles. The van der Waals surface area contributed by atoms with Crippen molar-refractivity contribution in [3.63, 3.8) is 0 Å². The molecule has 2 aliphatic rings. The van der Waals surface area contributed by atoms with Gasteiger partial charge in [0.15, 0.2) is 15.8 Å². The number of thiocarbonyl (C=S) groups is 1. The number of anilines is 1. The molecule has 0 unspecified atom stereocenters. The van der Waals surface area contributed by atoms with E-state index in [2.05, 4.69) is 6.92 Å². The predicted octanol–water partition coefficient (Wildman–Crippen LogP) is 4.38. The molecule has 2 aromatic rings. The SMILES string of the molecule is CCc1ccccc1N1C(=O)/C(=C/c2ccc3c(c2)OCO3)SC1=S. The minimum Gasteiger partial charge on any atom is -0.454 e. The fourth-order valence-electron chi connectivity index (χ4n) is 2.86. The van der Waals surface area contributed by atoms with Gasteiger partial charge >= 0.3 is 0 Å². The van der Waals surface area contributed by atoms with Gasteiger partial charge < -0.3 is 9.47 Å². The maximum Gasteiger partial charge on any atom is 0.270 e. The zero-order valence-corrected chi connectivity index (χ0v) is 15.2. The second-order valence-corrected chi connectivity index (χ2v) is 7.29. The maximum absolute atomic E-state index is 12.9. The topological polar surface area (TPSA) is 38.8 Å². The molecular formula is C19H15NO3S2. The van der Waals surface area contributed by atoms with Crippen molar-refractivity contribution in [3.8, 4) is 11.5 Å². The van der Waals surface area contributed by atoms with Crippen LogP contribution in [0.2, 0.25) is 0 Å². The van der Waals surface area contributed by atoms with Crippen molar-refractivity contribution in [2.24, 2.45) is 0 Å². The molecule has 2 heterocycles. The zero-order valence-electron chi connectivity index (χ0n) is 13.5. The summed E-state index contributed by atoms with van der Waals surface area (Å²) in [5, 5.41) is 0. The Morgan fingerprint density at radius 3 is 2.84 bits per heavy atom. The summed E-state index contributed by atoms with van der Waals surface area (Å²) in [6.07, 6.45) is 2.68. The Kier molecular flexibility index (Phi) is 4.23. The quantitative estimate of drug-likeness (QED) is 0.593. The Balaban J connectivity index is 1.67. The van der Waals surface area contributed by atoms with Gasteiger partial charge in [-0.25, -0.2) is 0 Å². The first-order valence-electron chi connectivity index (χ1n) is 7.93. The van der Waals surface area contributed by atoms with Crippen LogP contribution in [0.4, 0.5) is 5.69 Å². The van der Waals surface area contributed by atoms with E-state index in [0.717, 1.165) is 29.0 Å². The first-order chi connectivity index (χ1) is 12.2. The summed E-state index contributed by atoms with van der Waals surface area (Å²) in [4.78, 5) is 15.1. The van der Waals surface area contributed by atoms with Crippen molar-refractivity contribution in [2.75, 3.05) is 11.7 Å². The van der Waals surface area contributed by atoms with Crippen LogP contribution in [-0.2, 0) is 11.2 Å². The summed E-state index contributed by atoms with van der Waals surface area (Å²) in [5.74, 6) is 1.33. The molecule has 25 heavy (non-hydrogen) atoms. The van der Waals surface area contributed by atoms with E-state index in [-0.39, 0.29) is 12.7 Å². The van der Waals surface area contributed by atoms with Crippen LogP contribution in [0.25, 0.3) is 6.08 Å². The van der Waals surface area contributed by atoms with Crippen LogP contribution in [0, 0.1) is 0 Å². The highest BCUT2D eigenvalue weighted by molar-refractivity contribution is 8.27. The van der Waals surface area contributed by atoms with Gasteiger partial charge in [-0.1, -0.05) is 55.2 Å². The Morgan fingerprint density at radius 1 is 1.20 bits per heavy atom. The van der Waals surface area contributed by atoms with E-state index >= 15 is 0 Å². The van der Waals surface area contributed by atoms with Crippen LogP contribution in [0.15, 0.2) is 47.4 Å². The molecule has 0 N–H and O–H groups in total. The molecule has 0 spiro atoms. The summed E-state index contributed by atoms with van der Waals surface area (Å²) in [6.45, 7) is 2.30. The van der Waals surface area contributed by atoms with Crippen LogP contribution in [-0.4, -0.2) is 17.0 Å². The predicted molar refractivity (Wildman–Crippen MR) is 104 cm³/mol. The average molecular weight is 369 g/mol. The van der Waals surface area contributed by atoms with Crippen LogP contribution in [0.3, 0.4) is 0 Å². The number of carbonyl (C=O) groups excluding carboxylic acids is 1. The summed E-state index contributed by atoms with van der Waals surface area (Å²) in [5.41, 5.74) is 2.85. The van der Waals surface area contributed by atoms with Crippen molar-refractivity contribution in [1.29, 1.82) is 0 Å². The van der Waals surface area contributed by atoms with E-state index in [0.29, 0.717) is 15.0 Å². The molecule has 4 nitrogen and oxygen atoms in total. The van der Waals surface area contributed by atoms with E-state index in [1.807, 2.05) is 48.5 Å². The molecule has 0 radical (unpaired) electrons. The number of para-hydroxylation sites is 1. The van der Waals surface area contributed by atoms with E-state index in [4.69, 9.17) is 21.7 Å². The van der Waals surface area contributed by atoms with Crippen molar-refractivity contribution < 1.29 is 14.3 Å². The van der Waals surface area contributed by atoms with Crippen molar-refractivity contribution in [2.45, 2.75) is 13.3 Å². The van der Waals surface area contributed by atoms with Crippen molar-refractivity contribution in [3.05, 3.63) is 58.5 Å². The number of rotatable bonds is 3. The lowest BCUT2D eigenvalue weighted by Gasteiger charge is -2.18. The lowest BCUT2D eigenvalue weighted by molar-refractivity contribution is -0.113. The fourth-order valence-corrected chi connectivity index (χ4v) is 4.14. The van der Waals surface area contributed by atoms with Crippen LogP contribution in [0.1, 0.15) is 18.1 Å². The van der Waals surface area contributed by atoms with Crippen LogP contribution < -0.4 is 14.4 Å². The number of ether oxygens (including phenoxy) is 2. The van der Waals surface area contributed by atoms with Crippen LogP contribution >= 0.6 is 24.0 Å². The van der Waals surface area contributed by atoms with Gasteiger partial charge in [0.1, 0.15) is 0 Å². The van der Waals surface area contributed by atoms with E-state index in [1.54, 1.807) is 4.90 Å². The monoisotopic (exact) mass is 369 g/mol. The molecule has 1 amide bonds. The third-order valence-corrected chi connectivity index (χ3v) is 5.40. The largest absolute Gasteiger partial charge is 0.454 e. The maximum atomic E-state index is 12.9. The number of hydrogen-bond donors (Lipinski definition) is 0. The molecule has 0 saturated carbocycles. The summed E-state index contributed by atoms with van der Waals surface area (Å²) < 4.78 is 11.3. The number of fused-ring (bicyclic) bond motifs is 1. The number of nitrogens with zero attached hydrogens (tertiary/aromatic N) is 1. The first-order valence-corrected chi connectivity index (χ1v) is 9.15. The Hall–Kier alpha value is -2.31. The van der Waals surface area contributed by atoms with Gasteiger partial charge in [0.2, 0.25) is 6.79 Å². The summed E-state index contributed by atoms with van der Waals surface area (Å²) >= 11 is 6.78. The highest BCUT2D eigenvalue weighted by Gasteiger charge is 2.34. The van der Waals surface area contributed by atoms with Crippen molar-refractivity contribution in [1.82, 2.24) is 0 Å². The van der Waals surface area contributed by atoms with Crippen molar-refractivity contribution >= 4 is 46.0 Å². The number of benzene rings is 2. The Bertz CT molecular complexity index is 907. The molecule has 2 aromatic carbocycles. The lowest BCUT2D eigenvalue weighted by atomic mass is 10.1. The minimum absolute atomic E-state index is 0.0893. The molecule has 0 atom stereocenters.